The van der Waals surface area contributed by atoms with Gasteiger partial charge >= 0.3 is 23.6 Å². The van der Waals surface area contributed by atoms with Crippen molar-refractivity contribution in [2.45, 2.75) is 26.7 Å². The monoisotopic (exact) mass is 457 g/mol. The Labute approximate surface area is 188 Å². The van der Waals surface area contributed by atoms with Gasteiger partial charge in [-0.25, -0.2) is 14.4 Å². The number of carbonyl (C=O) groups excluding carboxylic acids is 3. The highest BCUT2D eigenvalue weighted by atomic mass is 16.5. The van der Waals surface area contributed by atoms with E-state index in [2.05, 4.69) is 5.32 Å². The Morgan fingerprint density at radius 1 is 1.03 bits per heavy atom. The minimum absolute atomic E-state index is 0.0715. The number of hydrogen-bond donors (Lipinski definition) is 1. The second-order valence-electron chi connectivity index (χ2n) is 7.15. The van der Waals surface area contributed by atoms with Crippen molar-refractivity contribution in [1.82, 2.24) is 10.0 Å². The van der Waals surface area contributed by atoms with Crippen molar-refractivity contribution in [2.75, 3.05) is 20.8 Å². The first-order valence-electron chi connectivity index (χ1n) is 9.99. The first kappa shape index (κ1) is 23.5. The maximum atomic E-state index is 13.6. The molecule has 2 heterocycles. The number of esters is 3. The van der Waals surface area contributed by atoms with E-state index >= 15 is 0 Å². The molecule has 0 unspecified atom stereocenters. The summed E-state index contributed by atoms with van der Waals surface area (Å²) in [6.07, 6.45) is 0. The number of nitrogens with zero attached hydrogens (tertiary/aromatic N) is 2. The lowest BCUT2D eigenvalue weighted by molar-refractivity contribution is -0.469. The number of rotatable bonds is 5. The molecule has 0 spiro atoms. The van der Waals surface area contributed by atoms with Gasteiger partial charge in [0.05, 0.1) is 42.3 Å². The molecular weight excluding hydrogens is 434 g/mol. The van der Waals surface area contributed by atoms with Crippen LogP contribution in [0.5, 0.6) is 0 Å². The lowest BCUT2D eigenvalue weighted by atomic mass is 9.82. The third-order valence-corrected chi connectivity index (χ3v) is 5.30. The van der Waals surface area contributed by atoms with Gasteiger partial charge in [-0.1, -0.05) is 12.1 Å². The third kappa shape index (κ3) is 3.81. The molecule has 0 bridgehead atoms. The first-order valence-corrected chi connectivity index (χ1v) is 9.99. The molecule has 0 amide bonds. The summed E-state index contributed by atoms with van der Waals surface area (Å²) >= 11 is 0. The van der Waals surface area contributed by atoms with Gasteiger partial charge in [0.25, 0.3) is 5.52 Å². The minimum Gasteiger partial charge on any atom is -0.805 e. The number of aromatic nitrogens is 2. The molecule has 3 rings (SSSR count). The second kappa shape index (κ2) is 9.15. The molecule has 11 heteroatoms. The van der Waals surface area contributed by atoms with Gasteiger partial charge in [0.15, 0.2) is 0 Å². The molecule has 1 N–H and O–H groups in total. The Hall–Kier alpha value is -4.15. The van der Waals surface area contributed by atoms with Crippen LogP contribution in [0.2, 0.25) is 0 Å². The molecule has 174 valence electrons. The normalized spacial score (nSPS) is 14.2. The van der Waals surface area contributed by atoms with E-state index < -0.39 is 35.2 Å². The summed E-state index contributed by atoms with van der Waals surface area (Å²) in [6, 6.07) is 5.83. The van der Waals surface area contributed by atoms with Gasteiger partial charge in [-0.2, -0.15) is 0 Å². The Morgan fingerprint density at radius 3 is 2.09 bits per heavy atom. The standard InChI is InChI=1S/C22H23N3O8/c1-6-33-22(28)19-18(24(29)13-9-7-8-10-14(13)25(19)30)17-15(20(26)31-4)11(2)23-12(3)16(17)21(27)32-5/h7-10,17,23H,6H2,1-5H3. The molecule has 2 aromatic rings. The van der Waals surface area contributed by atoms with Crippen LogP contribution in [-0.4, -0.2) is 43.5 Å². The molecule has 0 radical (unpaired) electrons. The van der Waals surface area contributed by atoms with Gasteiger partial charge < -0.3 is 29.5 Å². The van der Waals surface area contributed by atoms with Crippen LogP contribution in [0.4, 0.5) is 0 Å². The van der Waals surface area contributed by atoms with E-state index in [4.69, 9.17) is 14.2 Å². The van der Waals surface area contributed by atoms with Gasteiger partial charge in [0, 0.05) is 22.4 Å². The number of dihydropyridines is 1. The molecule has 0 saturated carbocycles. The highest BCUT2D eigenvalue weighted by molar-refractivity contribution is 6.01. The van der Waals surface area contributed by atoms with Crippen molar-refractivity contribution >= 4 is 28.9 Å². The van der Waals surface area contributed by atoms with Gasteiger partial charge in [-0.3, -0.25) is 0 Å². The molecule has 0 saturated heterocycles. The Bertz CT molecular complexity index is 1250. The number of benzene rings is 1. The van der Waals surface area contributed by atoms with Gasteiger partial charge in [0.2, 0.25) is 0 Å². The Morgan fingerprint density at radius 2 is 1.58 bits per heavy atom. The maximum absolute atomic E-state index is 13.6. The van der Waals surface area contributed by atoms with Crippen molar-refractivity contribution in [2.24, 2.45) is 0 Å². The van der Waals surface area contributed by atoms with E-state index in [9.17, 15) is 24.5 Å². The number of carbonyl (C=O) groups is 3. The molecule has 0 atom stereocenters. The Balaban J connectivity index is 2.55. The molecule has 1 aromatic carbocycles. The van der Waals surface area contributed by atoms with Crippen LogP contribution in [0.1, 0.15) is 42.9 Å². The first-order chi connectivity index (χ1) is 15.7. The topological polar surface area (TPSA) is 142 Å². The van der Waals surface area contributed by atoms with Crippen molar-refractivity contribution in [3.05, 3.63) is 68.3 Å². The van der Waals surface area contributed by atoms with Crippen LogP contribution >= 0.6 is 0 Å². The van der Waals surface area contributed by atoms with Gasteiger partial charge in [-0.15, -0.1) is 0 Å². The summed E-state index contributed by atoms with van der Waals surface area (Å²) in [6.45, 7) is 4.55. The molecule has 0 aliphatic carbocycles. The molecule has 1 aliphatic rings. The summed E-state index contributed by atoms with van der Waals surface area (Å²) in [5.74, 6) is -4.26. The average Bonchev–Trinajstić information content (AvgIpc) is 2.80. The fraction of sp³-hybridized carbons (Fsp3) is 0.318. The number of methoxy groups -OCH3 is 2. The van der Waals surface area contributed by atoms with E-state index in [1.165, 1.54) is 31.2 Å². The summed E-state index contributed by atoms with van der Waals surface area (Å²) in [7, 11) is 2.27. The quantitative estimate of drug-likeness (QED) is 0.403. The molecule has 11 nitrogen and oxygen atoms in total. The average molecular weight is 457 g/mol. The SMILES string of the molecule is CCOC(=O)c1c(C2C(C(=O)OC)=C(C)NC(C)=C2C(=O)OC)n([O-])c2ccccc2[n+]1=O. The van der Waals surface area contributed by atoms with Crippen LogP contribution in [0.25, 0.3) is 11.0 Å². The Kier molecular flexibility index (Phi) is 6.52. The zero-order chi connectivity index (χ0) is 24.4. The molecule has 0 fully saturated rings. The predicted octanol–water partition coefficient (Wildman–Crippen LogP) is 1.66. The zero-order valence-corrected chi connectivity index (χ0v) is 18.8. The van der Waals surface area contributed by atoms with Crippen LogP contribution in [-0.2, 0) is 23.8 Å². The van der Waals surface area contributed by atoms with E-state index in [0.29, 0.717) is 4.73 Å². The summed E-state index contributed by atoms with van der Waals surface area (Å²) < 4.78 is 15.5. The lowest BCUT2D eigenvalue weighted by Crippen LogP contribution is -2.38. The molecule has 1 aliphatic heterocycles. The van der Waals surface area contributed by atoms with Crippen LogP contribution < -0.4 is 9.74 Å². The summed E-state index contributed by atoms with van der Waals surface area (Å²) in [5, 5.41) is 16.5. The summed E-state index contributed by atoms with van der Waals surface area (Å²) in [5.41, 5.74) is -0.978. The number of fused-ring (bicyclic) bond motifs is 1. The molecular formula is C22H23N3O8. The van der Waals surface area contributed by atoms with E-state index in [1.54, 1.807) is 13.8 Å². The largest absolute Gasteiger partial charge is 0.805 e. The van der Waals surface area contributed by atoms with Crippen molar-refractivity contribution in [1.29, 1.82) is 0 Å². The third-order valence-electron chi connectivity index (χ3n) is 5.30. The lowest BCUT2D eigenvalue weighted by Gasteiger charge is -2.32. The van der Waals surface area contributed by atoms with E-state index in [-0.39, 0.29) is 44.6 Å². The predicted molar refractivity (Wildman–Crippen MR) is 115 cm³/mol. The van der Waals surface area contributed by atoms with Crippen molar-refractivity contribution in [3.8, 4) is 0 Å². The van der Waals surface area contributed by atoms with E-state index in [0.717, 1.165) is 14.2 Å². The molecule has 1 aromatic heterocycles. The van der Waals surface area contributed by atoms with Crippen molar-refractivity contribution < 1.29 is 33.0 Å². The number of nitrogens with one attached hydrogen (secondary N) is 1. The number of hydrogen-bond acceptors (Lipinski definition) is 9. The van der Waals surface area contributed by atoms with Crippen LogP contribution in [0.3, 0.4) is 0 Å². The summed E-state index contributed by atoms with van der Waals surface area (Å²) in [4.78, 5) is 51.8. The highest BCUT2D eigenvalue weighted by Gasteiger charge is 2.44. The minimum atomic E-state index is -1.45. The number of ether oxygens (including phenoxy) is 3. The van der Waals surface area contributed by atoms with Crippen LogP contribution in [0, 0.1) is 10.1 Å². The second-order valence-corrected chi connectivity index (χ2v) is 7.15. The fourth-order valence-electron chi connectivity index (χ4n) is 3.93. The zero-order valence-electron chi connectivity index (χ0n) is 18.8. The number of para-hydroxylation sites is 2. The van der Waals surface area contributed by atoms with Gasteiger partial charge in [0.1, 0.15) is 11.2 Å². The highest BCUT2D eigenvalue weighted by Crippen LogP contribution is 2.40. The maximum Gasteiger partial charge on any atom is 0.410 e. The van der Waals surface area contributed by atoms with Crippen molar-refractivity contribution in [3.63, 3.8) is 0 Å². The van der Waals surface area contributed by atoms with Gasteiger partial charge in [-0.05, 0) is 26.8 Å². The smallest absolute Gasteiger partial charge is 0.410 e. The van der Waals surface area contributed by atoms with Crippen LogP contribution in [0.15, 0.2) is 46.8 Å². The molecule has 33 heavy (non-hydrogen) atoms. The number of allylic oxidation sites excluding steroid dienone is 2. The van der Waals surface area contributed by atoms with E-state index in [1.807, 2.05) is 0 Å². The fourth-order valence-corrected chi connectivity index (χ4v) is 3.93.